The van der Waals surface area contributed by atoms with Crippen LogP contribution >= 0.6 is 0 Å². The number of primary amides is 1. The normalized spacial score (nSPS) is 11.3. The van der Waals surface area contributed by atoms with Gasteiger partial charge in [-0.15, -0.1) is 0 Å². The van der Waals surface area contributed by atoms with Crippen LogP contribution in [0, 0.1) is 0 Å². The Labute approximate surface area is 186 Å². The molecule has 0 aliphatic rings. The second kappa shape index (κ2) is 10.8. The third kappa shape index (κ3) is 6.18. The molecule has 0 aliphatic carbocycles. The number of rotatable bonds is 9. The number of carbonyl (C=O) groups excluding carboxylic acids is 3. The summed E-state index contributed by atoms with van der Waals surface area (Å²) in [4.78, 5) is 35.9. The minimum Gasteiger partial charge on any atom is -0.481 e. The van der Waals surface area contributed by atoms with Crippen LogP contribution in [0.1, 0.15) is 23.7 Å². The molecular weight excluding hydrogens is 406 g/mol. The van der Waals surface area contributed by atoms with Crippen molar-refractivity contribution in [1.29, 1.82) is 0 Å². The van der Waals surface area contributed by atoms with E-state index in [4.69, 9.17) is 10.5 Å². The van der Waals surface area contributed by atoms with Gasteiger partial charge >= 0.3 is 0 Å². The van der Waals surface area contributed by atoms with Gasteiger partial charge in [-0.2, -0.15) is 0 Å². The first kappa shape index (κ1) is 22.6. The quantitative estimate of drug-likeness (QED) is 0.482. The Kier molecular flexibility index (Phi) is 7.59. The number of hydrogen-bond donors (Lipinski definition) is 3. The summed E-state index contributed by atoms with van der Waals surface area (Å²) in [6.07, 6.45) is -0.752. The number of carbonyl (C=O) groups is 3. The van der Waals surface area contributed by atoms with E-state index in [1.54, 1.807) is 31.2 Å². The van der Waals surface area contributed by atoms with E-state index in [-0.39, 0.29) is 18.5 Å². The van der Waals surface area contributed by atoms with E-state index in [1.807, 2.05) is 54.6 Å². The molecule has 0 aromatic heterocycles. The average molecular weight is 431 g/mol. The van der Waals surface area contributed by atoms with Gasteiger partial charge < -0.3 is 21.1 Å². The standard InChI is InChI=1S/C25H25N3O4/c1-17(32-20-13-11-19(12-14-20)18-7-3-2-4-8-18)24(30)28-22-10-6-5-9-21(22)25(31)27-16-15-23(26)29/h2-14,17H,15-16H2,1H3,(H2,26,29)(H,27,31)(H,28,30). The van der Waals surface area contributed by atoms with Crippen LogP contribution < -0.4 is 21.1 Å². The molecule has 0 aliphatic heterocycles. The van der Waals surface area contributed by atoms with E-state index >= 15 is 0 Å². The van der Waals surface area contributed by atoms with E-state index in [2.05, 4.69) is 10.6 Å². The fourth-order valence-electron chi connectivity index (χ4n) is 3.03. The Bertz CT molecular complexity index is 1080. The van der Waals surface area contributed by atoms with Crippen LogP contribution in [0.25, 0.3) is 11.1 Å². The number of ether oxygens (including phenoxy) is 1. The highest BCUT2D eigenvalue weighted by atomic mass is 16.5. The van der Waals surface area contributed by atoms with E-state index < -0.39 is 23.8 Å². The second-order valence-corrected chi connectivity index (χ2v) is 7.16. The molecule has 0 bridgehead atoms. The van der Waals surface area contributed by atoms with E-state index in [0.717, 1.165) is 11.1 Å². The average Bonchev–Trinajstić information content (AvgIpc) is 2.80. The molecule has 3 amide bonds. The number of nitrogens with two attached hydrogens (primary N) is 1. The minimum absolute atomic E-state index is 0.0359. The number of benzene rings is 3. The predicted molar refractivity (Wildman–Crippen MR) is 123 cm³/mol. The third-order valence-corrected chi connectivity index (χ3v) is 4.73. The maximum Gasteiger partial charge on any atom is 0.265 e. The lowest BCUT2D eigenvalue weighted by Crippen LogP contribution is -2.32. The lowest BCUT2D eigenvalue weighted by atomic mass is 10.1. The van der Waals surface area contributed by atoms with Crippen molar-refractivity contribution in [2.24, 2.45) is 5.73 Å². The summed E-state index contributed by atoms with van der Waals surface area (Å²) >= 11 is 0. The lowest BCUT2D eigenvalue weighted by molar-refractivity contribution is -0.122. The SMILES string of the molecule is CC(Oc1ccc(-c2ccccc2)cc1)C(=O)Nc1ccccc1C(=O)NCCC(N)=O. The Hall–Kier alpha value is -4.13. The van der Waals surface area contributed by atoms with E-state index in [1.165, 1.54) is 0 Å². The Morgan fingerprint density at radius 2 is 1.50 bits per heavy atom. The van der Waals surface area contributed by atoms with Gasteiger partial charge in [-0.3, -0.25) is 14.4 Å². The number of amides is 3. The van der Waals surface area contributed by atoms with Gasteiger partial charge in [0, 0.05) is 13.0 Å². The Balaban J connectivity index is 1.61. The molecule has 1 atom stereocenters. The summed E-state index contributed by atoms with van der Waals surface area (Å²) in [6, 6.07) is 24.1. The van der Waals surface area contributed by atoms with Gasteiger partial charge in [0.15, 0.2) is 6.10 Å². The molecule has 3 rings (SSSR count). The van der Waals surface area contributed by atoms with Crippen molar-refractivity contribution >= 4 is 23.4 Å². The zero-order chi connectivity index (χ0) is 22.9. The van der Waals surface area contributed by atoms with E-state index in [9.17, 15) is 14.4 Å². The molecule has 0 heterocycles. The van der Waals surface area contributed by atoms with Gasteiger partial charge in [0.25, 0.3) is 11.8 Å². The largest absolute Gasteiger partial charge is 0.481 e. The summed E-state index contributed by atoms with van der Waals surface area (Å²) in [7, 11) is 0. The molecule has 7 nitrogen and oxygen atoms in total. The van der Waals surface area contributed by atoms with Crippen LogP contribution in [0.15, 0.2) is 78.9 Å². The zero-order valence-electron chi connectivity index (χ0n) is 17.7. The maximum atomic E-state index is 12.7. The number of anilines is 1. The summed E-state index contributed by atoms with van der Waals surface area (Å²) in [5.41, 5.74) is 7.86. The summed E-state index contributed by atoms with van der Waals surface area (Å²) in [5, 5.41) is 5.34. The number of para-hydroxylation sites is 1. The molecule has 0 saturated heterocycles. The summed E-state index contributed by atoms with van der Waals surface area (Å²) in [5.74, 6) is -0.749. The molecule has 0 saturated carbocycles. The lowest BCUT2D eigenvalue weighted by Gasteiger charge is -2.16. The third-order valence-electron chi connectivity index (χ3n) is 4.73. The molecule has 3 aromatic carbocycles. The maximum absolute atomic E-state index is 12.7. The number of hydrogen-bond acceptors (Lipinski definition) is 4. The second-order valence-electron chi connectivity index (χ2n) is 7.16. The van der Waals surface area contributed by atoms with E-state index in [0.29, 0.717) is 11.4 Å². The van der Waals surface area contributed by atoms with Crippen molar-refractivity contribution in [3.8, 4) is 16.9 Å². The first-order valence-corrected chi connectivity index (χ1v) is 10.2. The van der Waals surface area contributed by atoms with Gasteiger partial charge in [0.05, 0.1) is 11.3 Å². The fraction of sp³-hybridized carbons (Fsp3) is 0.160. The van der Waals surface area contributed by atoms with Crippen LogP contribution in [-0.2, 0) is 9.59 Å². The molecule has 7 heteroatoms. The molecule has 1 unspecified atom stereocenters. The molecule has 3 aromatic rings. The van der Waals surface area contributed by atoms with Crippen molar-refractivity contribution in [1.82, 2.24) is 5.32 Å². The van der Waals surface area contributed by atoms with Crippen molar-refractivity contribution in [3.63, 3.8) is 0 Å². The van der Waals surface area contributed by atoms with Crippen molar-refractivity contribution in [3.05, 3.63) is 84.4 Å². The van der Waals surface area contributed by atoms with Crippen LogP contribution in [0.5, 0.6) is 5.75 Å². The summed E-state index contributed by atoms with van der Waals surface area (Å²) in [6.45, 7) is 1.75. The van der Waals surface area contributed by atoms with Crippen LogP contribution in [-0.4, -0.2) is 30.4 Å². The van der Waals surface area contributed by atoms with Crippen molar-refractivity contribution in [2.45, 2.75) is 19.4 Å². The van der Waals surface area contributed by atoms with Gasteiger partial charge in [0.1, 0.15) is 5.75 Å². The minimum atomic E-state index is -0.788. The first-order valence-electron chi connectivity index (χ1n) is 10.2. The highest BCUT2D eigenvalue weighted by Crippen LogP contribution is 2.23. The van der Waals surface area contributed by atoms with Gasteiger partial charge in [-0.1, -0.05) is 54.6 Å². The molecule has 164 valence electrons. The Morgan fingerprint density at radius 1 is 0.875 bits per heavy atom. The van der Waals surface area contributed by atoms with Gasteiger partial charge in [-0.05, 0) is 42.3 Å². The monoisotopic (exact) mass is 431 g/mol. The van der Waals surface area contributed by atoms with Crippen molar-refractivity contribution < 1.29 is 19.1 Å². The Morgan fingerprint density at radius 3 is 2.19 bits per heavy atom. The topological polar surface area (TPSA) is 111 Å². The van der Waals surface area contributed by atoms with Crippen LogP contribution in [0.3, 0.4) is 0 Å². The number of nitrogens with one attached hydrogen (secondary N) is 2. The molecule has 4 N–H and O–H groups in total. The predicted octanol–water partition coefficient (Wildman–Crippen LogP) is 3.36. The van der Waals surface area contributed by atoms with Crippen LogP contribution in [0.4, 0.5) is 5.69 Å². The molecule has 0 spiro atoms. The van der Waals surface area contributed by atoms with Gasteiger partial charge in [0.2, 0.25) is 5.91 Å². The van der Waals surface area contributed by atoms with Crippen molar-refractivity contribution in [2.75, 3.05) is 11.9 Å². The molecule has 0 fully saturated rings. The highest BCUT2D eigenvalue weighted by molar-refractivity contribution is 6.04. The fourth-order valence-corrected chi connectivity index (χ4v) is 3.03. The zero-order valence-corrected chi connectivity index (χ0v) is 17.7. The van der Waals surface area contributed by atoms with Crippen LogP contribution in [0.2, 0.25) is 0 Å². The molecule has 32 heavy (non-hydrogen) atoms. The molecular formula is C25H25N3O4. The highest BCUT2D eigenvalue weighted by Gasteiger charge is 2.18. The smallest absolute Gasteiger partial charge is 0.265 e. The van der Waals surface area contributed by atoms with Gasteiger partial charge in [-0.25, -0.2) is 0 Å². The first-order chi connectivity index (χ1) is 15.4. The molecule has 0 radical (unpaired) electrons. The summed E-state index contributed by atoms with van der Waals surface area (Å²) < 4.78 is 5.77.